The summed E-state index contributed by atoms with van der Waals surface area (Å²) in [6.07, 6.45) is 7.05. The van der Waals surface area contributed by atoms with Crippen LogP contribution < -0.4 is 4.90 Å². The van der Waals surface area contributed by atoms with Crippen molar-refractivity contribution in [1.82, 2.24) is 20.1 Å². The third-order valence-corrected chi connectivity index (χ3v) is 5.73. The lowest BCUT2D eigenvalue weighted by Crippen LogP contribution is -2.54. The first-order valence-corrected chi connectivity index (χ1v) is 10.3. The van der Waals surface area contributed by atoms with Gasteiger partial charge in [0, 0.05) is 49.8 Å². The largest absolute Gasteiger partial charge is 0.384 e. The number of amides is 1. The second kappa shape index (κ2) is 8.76. The lowest BCUT2D eigenvalue weighted by atomic mass is 10.0. The minimum atomic E-state index is 0.0412. The van der Waals surface area contributed by atoms with Crippen molar-refractivity contribution in [3.63, 3.8) is 0 Å². The monoisotopic (exact) mass is 405 g/mol. The topological polar surface area (TPSA) is 95.2 Å². The van der Waals surface area contributed by atoms with Crippen molar-refractivity contribution in [2.45, 2.75) is 38.1 Å². The van der Waals surface area contributed by atoms with Gasteiger partial charge in [0.05, 0.1) is 30.5 Å². The molecule has 0 aromatic carbocycles. The van der Waals surface area contributed by atoms with Gasteiger partial charge in [-0.1, -0.05) is 0 Å². The van der Waals surface area contributed by atoms with Crippen LogP contribution >= 0.6 is 0 Å². The maximum atomic E-state index is 12.4. The molecule has 1 saturated heterocycles. The number of aromatic nitrogens is 3. The first-order valence-electron chi connectivity index (χ1n) is 10.3. The van der Waals surface area contributed by atoms with Crippen LogP contribution in [0.3, 0.4) is 0 Å². The maximum Gasteiger partial charge on any atom is 0.225 e. The van der Waals surface area contributed by atoms with Crippen molar-refractivity contribution < 1.29 is 9.53 Å². The summed E-state index contributed by atoms with van der Waals surface area (Å²) in [5.74, 6) is 1.23. The van der Waals surface area contributed by atoms with Crippen LogP contribution in [0.2, 0.25) is 0 Å². The molecule has 0 bridgehead atoms. The van der Waals surface area contributed by atoms with Crippen molar-refractivity contribution in [3.05, 3.63) is 35.8 Å². The highest BCUT2D eigenvalue weighted by Gasteiger charge is 2.33. The molecule has 2 aromatic rings. The van der Waals surface area contributed by atoms with Crippen molar-refractivity contribution in [2.75, 3.05) is 38.3 Å². The van der Waals surface area contributed by atoms with Gasteiger partial charge in [-0.25, -0.2) is 4.98 Å². The molecule has 1 unspecified atom stereocenters. The zero-order valence-electron chi connectivity index (χ0n) is 17.3. The van der Waals surface area contributed by atoms with Gasteiger partial charge in [0.2, 0.25) is 5.91 Å². The van der Waals surface area contributed by atoms with E-state index in [2.05, 4.69) is 27.4 Å². The first-order chi connectivity index (χ1) is 14.6. The number of piperazine rings is 1. The lowest BCUT2D eigenvalue weighted by Gasteiger charge is -2.41. The van der Waals surface area contributed by atoms with E-state index in [1.165, 1.54) is 0 Å². The number of nitrogens with zero attached hydrogens (tertiary/aromatic N) is 6. The summed E-state index contributed by atoms with van der Waals surface area (Å²) in [4.78, 5) is 21.4. The number of nitriles is 1. The Morgan fingerprint density at radius 1 is 1.40 bits per heavy atom. The molecular weight excluding hydrogens is 380 g/mol. The van der Waals surface area contributed by atoms with E-state index in [0.717, 1.165) is 29.7 Å². The first kappa shape index (κ1) is 20.2. The third kappa shape index (κ3) is 4.12. The third-order valence-electron chi connectivity index (χ3n) is 5.73. The highest BCUT2D eigenvalue weighted by molar-refractivity contribution is 5.77. The van der Waals surface area contributed by atoms with Crippen LogP contribution in [0, 0.1) is 17.5 Å². The van der Waals surface area contributed by atoms with Crippen LogP contribution in [0.5, 0.6) is 0 Å². The van der Waals surface area contributed by atoms with Crippen LogP contribution in [0.1, 0.15) is 43.4 Å². The number of rotatable bonds is 6. The SMILES string of the molecule is COCCC(=O)N1CCN(c2nc(C3CC3)c(-c3c[c]nnc3)cc2C#N)CC1C. The molecule has 0 N–H and O–H groups in total. The van der Waals surface area contributed by atoms with Gasteiger partial charge >= 0.3 is 0 Å². The Hall–Kier alpha value is -3.05. The molecule has 2 fully saturated rings. The van der Waals surface area contributed by atoms with E-state index in [1.807, 2.05) is 17.9 Å². The molecule has 3 heterocycles. The van der Waals surface area contributed by atoms with Crippen LogP contribution in [-0.2, 0) is 9.53 Å². The van der Waals surface area contributed by atoms with Gasteiger partial charge < -0.3 is 14.5 Å². The summed E-state index contributed by atoms with van der Waals surface area (Å²) < 4.78 is 5.03. The Morgan fingerprint density at radius 2 is 2.23 bits per heavy atom. The molecule has 1 saturated carbocycles. The highest BCUT2D eigenvalue weighted by atomic mass is 16.5. The minimum Gasteiger partial charge on any atom is -0.384 e. The molecule has 8 nitrogen and oxygen atoms in total. The number of carbonyl (C=O) groups excluding carboxylic acids is 1. The molecule has 0 spiro atoms. The predicted molar refractivity (Wildman–Crippen MR) is 111 cm³/mol. The highest BCUT2D eigenvalue weighted by Crippen LogP contribution is 2.44. The van der Waals surface area contributed by atoms with E-state index < -0.39 is 0 Å². The predicted octanol–water partition coefficient (Wildman–Crippen LogP) is 2.16. The van der Waals surface area contributed by atoms with Gasteiger partial charge in [-0.05, 0) is 31.9 Å². The Labute approximate surface area is 176 Å². The minimum absolute atomic E-state index is 0.0412. The molecule has 1 atom stereocenters. The summed E-state index contributed by atoms with van der Waals surface area (Å²) in [7, 11) is 1.60. The van der Waals surface area contributed by atoms with E-state index in [4.69, 9.17) is 9.72 Å². The Balaban J connectivity index is 1.61. The molecule has 2 aliphatic rings. The summed E-state index contributed by atoms with van der Waals surface area (Å²) in [5, 5.41) is 17.5. The molecule has 2 aromatic heterocycles. The molecule has 8 heteroatoms. The molecule has 4 rings (SSSR count). The zero-order chi connectivity index (χ0) is 21.1. The van der Waals surface area contributed by atoms with Crippen molar-refractivity contribution in [3.8, 4) is 17.2 Å². The van der Waals surface area contributed by atoms with E-state index in [0.29, 0.717) is 50.0 Å². The van der Waals surface area contributed by atoms with Gasteiger partial charge in [0.25, 0.3) is 0 Å². The lowest BCUT2D eigenvalue weighted by molar-refractivity contribution is -0.134. The van der Waals surface area contributed by atoms with Crippen LogP contribution in [-0.4, -0.2) is 65.4 Å². The molecule has 155 valence electrons. The normalized spacial score (nSPS) is 18.9. The molecule has 1 aliphatic heterocycles. The fraction of sp³-hybridized carbons (Fsp3) is 0.500. The second-order valence-corrected chi connectivity index (χ2v) is 7.88. The van der Waals surface area contributed by atoms with Gasteiger partial charge in [-0.15, -0.1) is 5.10 Å². The number of methoxy groups -OCH3 is 1. The standard InChI is InChI=1S/C22H25N6O2/c1-15-14-27(8-9-28(15)20(29)6-10-30-2)22-18(12-23)11-19(17-5-7-24-25-13-17)21(26-22)16-3-4-16/h5,11,13,15-16H,3-4,6,8-10,14H2,1-2H3. The number of ether oxygens (including phenoxy) is 1. The number of pyridine rings is 1. The van der Waals surface area contributed by atoms with Crippen LogP contribution in [0.4, 0.5) is 5.82 Å². The quantitative estimate of drug-likeness (QED) is 0.727. The number of carbonyl (C=O) groups is 1. The average molecular weight is 405 g/mol. The molecule has 1 amide bonds. The van der Waals surface area contributed by atoms with Crippen molar-refractivity contribution >= 4 is 11.7 Å². The van der Waals surface area contributed by atoms with Gasteiger partial charge in [0.15, 0.2) is 0 Å². The maximum absolute atomic E-state index is 12.4. The molecule has 1 radical (unpaired) electrons. The average Bonchev–Trinajstić information content (AvgIpc) is 3.62. The zero-order valence-corrected chi connectivity index (χ0v) is 17.3. The number of hydrogen-bond donors (Lipinski definition) is 0. The van der Waals surface area contributed by atoms with Crippen LogP contribution in [0.25, 0.3) is 11.1 Å². The number of hydrogen-bond acceptors (Lipinski definition) is 7. The fourth-order valence-corrected chi connectivity index (χ4v) is 4.00. The van der Waals surface area contributed by atoms with Gasteiger partial charge in [0.1, 0.15) is 18.1 Å². The van der Waals surface area contributed by atoms with Crippen LogP contribution in [0.15, 0.2) is 18.3 Å². The Morgan fingerprint density at radius 3 is 2.87 bits per heavy atom. The second-order valence-electron chi connectivity index (χ2n) is 7.88. The number of anilines is 1. The van der Waals surface area contributed by atoms with Gasteiger partial charge in [-0.2, -0.15) is 10.4 Å². The summed E-state index contributed by atoms with van der Waals surface area (Å²) in [5.41, 5.74) is 3.36. The summed E-state index contributed by atoms with van der Waals surface area (Å²) in [6.45, 7) is 4.38. The fourth-order valence-electron chi connectivity index (χ4n) is 4.00. The molecular formula is C22H25N6O2. The summed E-state index contributed by atoms with van der Waals surface area (Å²) >= 11 is 0. The molecule has 1 aliphatic carbocycles. The summed E-state index contributed by atoms with van der Waals surface area (Å²) in [6, 6.07) is 6.06. The van der Waals surface area contributed by atoms with Crippen molar-refractivity contribution in [2.24, 2.45) is 0 Å². The van der Waals surface area contributed by atoms with E-state index >= 15 is 0 Å². The van der Waals surface area contributed by atoms with E-state index in [1.54, 1.807) is 19.4 Å². The Bertz CT molecular complexity index is 954. The van der Waals surface area contributed by atoms with Crippen molar-refractivity contribution in [1.29, 1.82) is 5.26 Å². The van der Waals surface area contributed by atoms with E-state index in [9.17, 15) is 10.1 Å². The Kier molecular flexibility index (Phi) is 5.91. The van der Waals surface area contributed by atoms with E-state index in [-0.39, 0.29) is 11.9 Å². The van der Waals surface area contributed by atoms with Gasteiger partial charge in [-0.3, -0.25) is 4.79 Å². The molecule has 30 heavy (non-hydrogen) atoms. The smallest absolute Gasteiger partial charge is 0.225 e.